The Balaban J connectivity index is 2.01. The zero-order chi connectivity index (χ0) is 14.1. The van der Waals surface area contributed by atoms with Gasteiger partial charge in [-0.05, 0) is 52.3 Å². The van der Waals surface area contributed by atoms with Gasteiger partial charge in [-0.2, -0.15) is 0 Å². The normalized spacial score (nSPS) is 13.1. The van der Waals surface area contributed by atoms with E-state index in [1.165, 1.54) is 24.3 Å². The van der Waals surface area contributed by atoms with Crippen LogP contribution in [0.1, 0.15) is 15.9 Å². The van der Waals surface area contributed by atoms with Crippen LogP contribution in [0.5, 0.6) is 11.5 Å². The van der Waals surface area contributed by atoms with Crippen LogP contribution in [0.4, 0.5) is 4.39 Å². The summed E-state index contributed by atoms with van der Waals surface area (Å²) in [4.78, 5) is 12.4. The van der Waals surface area contributed by atoms with Crippen molar-refractivity contribution in [2.75, 3.05) is 13.2 Å². The topological polar surface area (TPSA) is 35.5 Å². The van der Waals surface area contributed by atoms with Gasteiger partial charge in [-0.25, -0.2) is 4.39 Å². The second-order valence-corrected chi connectivity index (χ2v) is 5.17. The second kappa shape index (κ2) is 5.25. The first-order valence-electron chi connectivity index (χ1n) is 6.04. The molecule has 0 amide bonds. The minimum atomic E-state index is -0.372. The molecule has 3 rings (SSSR count). The lowest BCUT2D eigenvalue weighted by atomic mass is 10.0. The predicted octanol–water partition coefficient (Wildman–Crippen LogP) is 3.59. The Hall–Kier alpha value is -1.88. The van der Waals surface area contributed by atoms with Crippen molar-refractivity contribution in [1.29, 1.82) is 0 Å². The average Bonchev–Trinajstić information content (AvgIpc) is 2.46. The first-order valence-corrected chi connectivity index (χ1v) is 6.84. The molecule has 20 heavy (non-hydrogen) atoms. The van der Waals surface area contributed by atoms with E-state index in [4.69, 9.17) is 9.47 Å². The van der Waals surface area contributed by atoms with Crippen LogP contribution in [0.25, 0.3) is 0 Å². The highest BCUT2D eigenvalue weighted by molar-refractivity contribution is 9.10. The Bertz CT molecular complexity index is 668. The van der Waals surface area contributed by atoms with E-state index >= 15 is 0 Å². The summed E-state index contributed by atoms with van der Waals surface area (Å²) in [6, 6.07) is 8.80. The molecule has 3 nitrogen and oxygen atoms in total. The SMILES string of the molecule is O=C(c1ccc(F)cc1)c1cc2c(cc1Br)OCCO2. The maximum atomic E-state index is 12.9. The van der Waals surface area contributed by atoms with E-state index in [0.29, 0.717) is 40.3 Å². The first kappa shape index (κ1) is 13.1. The number of rotatable bonds is 2. The van der Waals surface area contributed by atoms with E-state index in [0.717, 1.165) is 0 Å². The van der Waals surface area contributed by atoms with Crippen molar-refractivity contribution in [3.63, 3.8) is 0 Å². The molecule has 0 fully saturated rings. The zero-order valence-electron chi connectivity index (χ0n) is 10.4. The summed E-state index contributed by atoms with van der Waals surface area (Å²) >= 11 is 3.36. The Morgan fingerprint density at radius 1 is 1.05 bits per heavy atom. The number of carbonyl (C=O) groups excluding carboxylic acids is 1. The number of ketones is 1. The van der Waals surface area contributed by atoms with Gasteiger partial charge in [0, 0.05) is 15.6 Å². The lowest BCUT2D eigenvalue weighted by molar-refractivity contribution is 0.103. The fourth-order valence-corrected chi connectivity index (χ4v) is 2.50. The maximum Gasteiger partial charge on any atom is 0.194 e. The van der Waals surface area contributed by atoms with Gasteiger partial charge in [0.25, 0.3) is 0 Å². The van der Waals surface area contributed by atoms with Crippen LogP contribution in [0.15, 0.2) is 40.9 Å². The smallest absolute Gasteiger partial charge is 0.194 e. The minimum absolute atomic E-state index is 0.200. The largest absolute Gasteiger partial charge is 0.486 e. The van der Waals surface area contributed by atoms with E-state index in [-0.39, 0.29) is 11.6 Å². The number of hydrogen-bond acceptors (Lipinski definition) is 3. The minimum Gasteiger partial charge on any atom is -0.486 e. The fourth-order valence-electron chi connectivity index (χ4n) is 1.99. The Morgan fingerprint density at radius 3 is 2.30 bits per heavy atom. The van der Waals surface area contributed by atoms with Crippen molar-refractivity contribution in [2.45, 2.75) is 0 Å². The molecule has 102 valence electrons. The number of carbonyl (C=O) groups is 1. The van der Waals surface area contributed by atoms with Crippen molar-refractivity contribution >= 4 is 21.7 Å². The summed E-state index contributed by atoms with van der Waals surface area (Å²) in [7, 11) is 0. The standard InChI is InChI=1S/C15H10BrFO3/c16-12-8-14-13(19-5-6-20-14)7-11(12)15(18)9-1-3-10(17)4-2-9/h1-4,7-8H,5-6H2. The first-order chi connectivity index (χ1) is 9.65. The highest BCUT2D eigenvalue weighted by atomic mass is 79.9. The summed E-state index contributed by atoms with van der Waals surface area (Å²) < 4.78 is 24.4. The molecule has 0 saturated heterocycles. The molecule has 0 atom stereocenters. The lowest BCUT2D eigenvalue weighted by Crippen LogP contribution is -2.16. The molecule has 0 spiro atoms. The molecule has 0 aromatic heterocycles. The van der Waals surface area contributed by atoms with Gasteiger partial charge in [0.05, 0.1) is 0 Å². The molecule has 0 bridgehead atoms. The van der Waals surface area contributed by atoms with Crippen LogP contribution in [0.3, 0.4) is 0 Å². The van der Waals surface area contributed by atoms with Crippen LogP contribution >= 0.6 is 15.9 Å². The van der Waals surface area contributed by atoms with Crippen LogP contribution in [-0.4, -0.2) is 19.0 Å². The number of hydrogen-bond donors (Lipinski definition) is 0. The molecule has 2 aromatic carbocycles. The molecular weight excluding hydrogens is 327 g/mol. The third-order valence-corrected chi connectivity index (χ3v) is 3.64. The van der Waals surface area contributed by atoms with Gasteiger partial charge >= 0.3 is 0 Å². The molecular formula is C15H10BrFO3. The van der Waals surface area contributed by atoms with Gasteiger partial charge < -0.3 is 9.47 Å². The van der Waals surface area contributed by atoms with Crippen molar-refractivity contribution in [2.24, 2.45) is 0 Å². The predicted molar refractivity (Wildman–Crippen MR) is 75.0 cm³/mol. The number of ether oxygens (including phenoxy) is 2. The highest BCUT2D eigenvalue weighted by Gasteiger charge is 2.19. The molecule has 1 aliphatic rings. The van der Waals surface area contributed by atoms with E-state index in [1.807, 2.05) is 0 Å². The number of halogens is 2. The van der Waals surface area contributed by atoms with E-state index < -0.39 is 0 Å². The van der Waals surface area contributed by atoms with Crippen molar-refractivity contribution < 1.29 is 18.7 Å². The van der Waals surface area contributed by atoms with Gasteiger partial charge in [0.1, 0.15) is 19.0 Å². The van der Waals surface area contributed by atoms with Crippen LogP contribution < -0.4 is 9.47 Å². The lowest BCUT2D eigenvalue weighted by Gasteiger charge is -2.19. The Kier molecular flexibility index (Phi) is 3.44. The summed E-state index contributed by atoms with van der Waals surface area (Å²) in [5, 5.41) is 0. The third kappa shape index (κ3) is 2.41. The monoisotopic (exact) mass is 336 g/mol. The number of benzene rings is 2. The maximum absolute atomic E-state index is 12.9. The van der Waals surface area contributed by atoms with E-state index in [1.54, 1.807) is 12.1 Å². The van der Waals surface area contributed by atoms with Crippen molar-refractivity contribution in [1.82, 2.24) is 0 Å². The number of fused-ring (bicyclic) bond motifs is 1. The summed E-state index contributed by atoms with van der Waals surface area (Å²) in [5.41, 5.74) is 0.879. The summed E-state index contributed by atoms with van der Waals surface area (Å²) in [6.07, 6.45) is 0. The Morgan fingerprint density at radius 2 is 1.65 bits per heavy atom. The zero-order valence-corrected chi connectivity index (χ0v) is 11.9. The van der Waals surface area contributed by atoms with Crippen LogP contribution in [-0.2, 0) is 0 Å². The molecule has 2 aromatic rings. The quantitative estimate of drug-likeness (QED) is 0.786. The van der Waals surface area contributed by atoms with Gasteiger partial charge in [0.2, 0.25) is 0 Å². The van der Waals surface area contributed by atoms with Crippen LogP contribution in [0.2, 0.25) is 0 Å². The van der Waals surface area contributed by atoms with Gasteiger partial charge in [-0.15, -0.1) is 0 Å². The molecule has 0 aliphatic carbocycles. The van der Waals surface area contributed by atoms with Gasteiger partial charge in [-0.3, -0.25) is 4.79 Å². The fraction of sp³-hybridized carbons (Fsp3) is 0.133. The molecule has 0 N–H and O–H groups in total. The Labute approximate surface area is 123 Å². The van der Waals surface area contributed by atoms with Crippen LogP contribution in [0, 0.1) is 5.82 Å². The molecule has 1 aliphatic heterocycles. The van der Waals surface area contributed by atoms with E-state index in [2.05, 4.69) is 15.9 Å². The highest BCUT2D eigenvalue weighted by Crippen LogP contribution is 2.36. The van der Waals surface area contributed by atoms with Gasteiger partial charge in [0.15, 0.2) is 17.3 Å². The third-order valence-electron chi connectivity index (χ3n) is 2.98. The molecule has 1 heterocycles. The molecule has 0 saturated carbocycles. The molecule has 5 heteroatoms. The summed E-state index contributed by atoms with van der Waals surface area (Å²) in [6.45, 7) is 0.948. The average molecular weight is 337 g/mol. The summed E-state index contributed by atoms with van der Waals surface area (Å²) in [5.74, 6) is 0.584. The second-order valence-electron chi connectivity index (χ2n) is 4.31. The molecule has 0 radical (unpaired) electrons. The molecule has 0 unspecified atom stereocenters. The van der Waals surface area contributed by atoms with Gasteiger partial charge in [-0.1, -0.05) is 0 Å². The van der Waals surface area contributed by atoms with Crippen molar-refractivity contribution in [3.8, 4) is 11.5 Å². The van der Waals surface area contributed by atoms with Crippen molar-refractivity contribution in [3.05, 3.63) is 57.8 Å². The van der Waals surface area contributed by atoms with E-state index in [9.17, 15) is 9.18 Å².